The lowest BCUT2D eigenvalue weighted by molar-refractivity contribution is -0.145. The number of carboxylic acid groups (broad SMARTS) is 1. The van der Waals surface area contributed by atoms with Gasteiger partial charge in [-0.3, -0.25) is 9.69 Å². The number of aliphatic carboxylic acids is 1. The van der Waals surface area contributed by atoms with Crippen molar-refractivity contribution in [3.8, 4) is 17.1 Å². The molecule has 7 heteroatoms. The number of rotatable bonds is 6. The molecule has 0 radical (unpaired) electrons. The Labute approximate surface area is 140 Å². The molecule has 1 aromatic carbocycles. The van der Waals surface area contributed by atoms with Crippen molar-refractivity contribution in [3.63, 3.8) is 0 Å². The van der Waals surface area contributed by atoms with Crippen molar-refractivity contribution in [2.45, 2.75) is 38.8 Å². The molecule has 128 valence electrons. The molecule has 1 aliphatic heterocycles. The molecule has 1 saturated heterocycles. The molecule has 0 spiro atoms. The van der Waals surface area contributed by atoms with Crippen LogP contribution < -0.4 is 4.74 Å². The quantitative estimate of drug-likeness (QED) is 0.870. The Hall–Kier alpha value is -2.41. The van der Waals surface area contributed by atoms with Gasteiger partial charge in [0, 0.05) is 5.56 Å². The minimum absolute atomic E-state index is 0.362. The van der Waals surface area contributed by atoms with Gasteiger partial charge in [-0.05, 0) is 50.6 Å². The van der Waals surface area contributed by atoms with Gasteiger partial charge in [0.15, 0.2) is 0 Å². The van der Waals surface area contributed by atoms with Gasteiger partial charge in [-0.25, -0.2) is 0 Å². The molecule has 0 amide bonds. The molecule has 1 fully saturated rings. The number of carboxylic acids is 1. The summed E-state index contributed by atoms with van der Waals surface area (Å²) >= 11 is 0. The maximum atomic E-state index is 11.3. The Morgan fingerprint density at radius 1 is 1.38 bits per heavy atom. The number of likely N-dealkylation sites (tertiary alicyclic amines) is 1. The third kappa shape index (κ3) is 3.73. The molecular weight excluding hydrogens is 310 g/mol. The number of ether oxygens (including phenoxy) is 1. The van der Waals surface area contributed by atoms with Crippen LogP contribution in [-0.4, -0.2) is 45.3 Å². The summed E-state index contributed by atoms with van der Waals surface area (Å²) in [6.07, 6.45) is 2.59. The fourth-order valence-corrected chi connectivity index (χ4v) is 2.94. The summed E-state index contributed by atoms with van der Waals surface area (Å²) in [5.74, 6) is 0.938. The molecule has 0 aliphatic carbocycles. The molecule has 0 saturated carbocycles. The molecule has 0 bridgehead atoms. The van der Waals surface area contributed by atoms with Crippen molar-refractivity contribution in [3.05, 3.63) is 30.2 Å². The Kier molecular flexibility index (Phi) is 5.10. The van der Waals surface area contributed by atoms with E-state index in [2.05, 4.69) is 10.1 Å². The van der Waals surface area contributed by atoms with Crippen molar-refractivity contribution in [1.82, 2.24) is 15.0 Å². The summed E-state index contributed by atoms with van der Waals surface area (Å²) in [6.45, 7) is 3.65. The number of hydrogen-bond donors (Lipinski definition) is 1. The van der Waals surface area contributed by atoms with E-state index in [9.17, 15) is 9.90 Å². The number of benzene rings is 1. The first kappa shape index (κ1) is 16.4. The van der Waals surface area contributed by atoms with Crippen LogP contribution in [0.25, 0.3) is 11.4 Å². The van der Waals surface area contributed by atoms with E-state index < -0.39 is 12.0 Å². The zero-order valence-electron chi connectivity index (χ0n) is 13.6. The summed E-state index contributed by atoms with van der Waals surface area (Å²) < 4.78 is 10.7. The van der Waals surface area contributed by atoms with Crippen molar-refractivity contribution >= 4 is 5.97 Å². The predicted molar refractivity (Wildman–Crippen MR) is 86.6 cm³/mol. The summed E-state index contributed by atoms with van der Waals surface area (Å²) in [5.41, 5.74) is 0.835. The first-order chi connectivity index (χ1) is 11.7. The van der Waals surface area contributed by atoms with Gasteiger partial charge in [-0.2, -0.15) is 4.98 Å². The van der Waals surface area contributed by atoms with E-state index in [0.717, 1.165) is 30.7 Å². The standard InChI is InChI=1S/C17H21N3O4/c1-2-23-13-8-6-12(7-9-13)16-18-15(24-19-16)11-20-10-4-3-5-14(20)17(21)22/h6-9,14H,2-5,10-11H2,1H3,(H,21,22). The first-order valence-corrected chi connectivity index (χ1v) is 8.20. The zero-order chi connectivity index (χ0) is 16.9. The number of aromatic nitrogens is 2. The van der Waals surface area contributed by atoms with E-state index in [1.165, 1.54) is 0 Å². The van der Waals surface area contributed by atoms with Crippen molar-refractivity contribution < 1.29 is 19.2 Å². The lowest BCUT2D eigenvalue weighted by atomic mass is 10.0. The summed E-state index contributed by atoms with van der Waals surface area (Å²) in [6, 6.07) is 7.00. The van der Waals surface area contributed by atoms with Gasteiger partial charge in [0.05, 0.1) is 13.2 Å². The lowest BCUT2D eigenvalue weighted by Gasteiger charge is -2.31. The molecule has 1 atom stereocenters. The van der Waals surface area contributed by atoms with Crippen molar-refractivity contribution in [2.75, 3.05) is 13.2 Å². The fourth-order valence-electron chi connectivity index (χ4n) is 2.94. The molecule has 1 unspecified atom stereocenters. The molecule has 3 rings (SSSR count). The number of carbonyl (C=O) groups is 1. The molecule has 7 nitrogen and oxygen atoms in total. The highest BCUT2D eigenvalue weighted by molar-refractivity contribution is 5.73. The summed E-state index contributed by atoms with van der Waals surface area (Å²) in [7, 11) is 0. The molecule has 1 aliphatic rings. The number of nitrogens with zero attached hydrogens (tertiary/aromatic N) is 3. The monoisotopic (exact) mass is 331 g/mol. The van der Waals surface area contributed by atoms with Gasteiger partial charge in [0.25, 0.3) is 0 Å². The van der Waals surface area contributed by atoms with Gasteiger partial charge >= 0.3 is 5.97 Å². The van der Waals surface area contributed by atoms with Crippen LogP contribution in [0.4, 0.5) is 0 Å². The van der Waals surface area contributed by atoms with E-state index in [1.807, 2.05) is 36.1 Å². The molecule has 1 aromatic heterocycles. The van der Waals surface area contributed by atoms with Crippen molar-refractivity contribution in [1.29, 1.82) is 0 Å². The molecule has 1 N–H and O–H groups in total. The lowest BCUT2D eigenvalue weighted by Crippen LogP contribution is -2.44. The maximum Gasteiger partial charge on any atom is 0.320 e. The summed E-state index contributed by atoms with van der Waals surface area (Å²) in [5, 5.41) is 13.3. The maximum absolute atomic E-state index is 11.3. The van der Waals surface area contributed by atoms with Crippen molar-refractivity contribution in [2.24, 2.45) is 0 Å². The second-order valence-corrected chi connectivity index (χ2v) is 5.79. The second-order valence-electron chi connectivity index (χ2n) is 5.79. The highest BCUT2D eigenvalue weighted by atomic mass is 16.5. The van der Waals surface area contributed by atoms with Gasteiger partial charge in [-0.15, -0.1) is 0 Å². The smallest absolute Gasteiger partial charge is 0.320 e. The van der Waals surface area contributed by atoms with Gasteiger partial charge < -0.3 is 14.4 Å². The minimum Gasteiger partial charge on any atom is -0.494 e. The second kappa shape index (κ2) is 7.44. The van der Waals surface area contributed by atoms with Crippen LogP contribution in [0.5, 0.6) is 5.75 Å². The normalized spacial score (nSPS) is 18.5. The van der Waals surface area contributed by atoms with E-state index in [0.29, 0.717) is 31.3 Å². The van der Waals surface area contributed by atoms with E-state index in [4.69, 9.17) is 9.26 Å². The molecule has 2 aromatic rings. The van der Waals surface area contributed by atoms with Crippen LogP contribution in [0.2, 0.25) is 0 Å². The average Bonchev–Trinajstić information content (AvgIpc) is 3.05. The first-order valence-electron chi connectivity index (χ1n) is 8.20. The molecule has 24 heavy (non-hydrogen) atoms. The Balaban J connectivity index is 1.69. The van der Waals surface area contributed by atoms with E-state index >= 15 is 0 Å². The third-order valence-electron chi connectivity index (χ3n) is 4.13. The molecule has 2 heterocycles. The Morgan fingerprint density at radius 2 is 2.17 bits per heavy atom. The van der Waals surface area contributed by atoms with Gasteiger partial charge in [0.2, 0.25) is 11.7 Å². The van der Waals surface area contributed by atoms with Crippen LogP contribution in [0.15, 0.2) is 28.8 Å². The number of hydrogen-bond acceptors (Lipinski definition) is 6. The SMILES string of the molecule is CCOc1ccc(-c2noc(CN3CCCCC3C(=O)O)n2)cc1. The van der Waals surface area contributed by atoms with Crippen LogP contribution in [0, 0.1) is 0 Å². The van der Waals surface area contributed by atoms with E-state index in [1.54, 1.807) is 0 Å². The topological polar surface area (TPSA) is 88.7 Å². The van der Waals surface area contributed by atoms with Gasteiger partial charge in [0.1, 0.15) is 11.8 Å². The van der Waals surface area contributed by atoms with Crippen LogP contribution in [0.1, 0.15) is 32.1 Å². The van der Waals surface area contributed by atoms with E-state index in [-0.39, 0.29) is 0 Å². The highest BCUT2D eigenvalue weighted by Gasteiger charge is 2.29. The Morgan fingerprint density at radius 3 is 2.88 bits per heavy atom. The predicted octanol–water partition coefficient (Wildman–Crippen LogP) is 2.57. The molecular formula is C17H21N3O4. The number of piperidine rings is 1. The third-order valence-corrected chi connectivity index (χ3v) is 4.13. The van der Waals surface area contributed by atoms with Crippen LogP contribution >= 0.6 is 0 Å². The summed E-state index contributed by atoms with van der Waals surface area (Å²) in [4.78, 5) is 17.6. The van der Waals surface area contributed by atoms with Crippen LogP contribution in [-0.2, 0) is 11.3 Å². The minimum atomic E-state index is -0.791. The Bertz CT molecular complexity index is 683. The average molecular weight is 331 g/mol. The highest BCUT2D eigenvalue weighted by Crippen LogP contribution is 2.22. The largest absolute Gasteiger partial charge is 0.494 e. The van der Waals surface area contributed by atoms with Crippen LogP contribution in [0.3, 0.4) is 0 Å². The van der Waals surface area contributed by atoms with Gasteiger partial charge in [-0.1, -0.05) is 11.6 Å². The fraction of sp³-hybridized carbons (Fsp3) is 0.471. The zero-order valence-corrected chi connectivity index (χ0v) is 13.6.